The van der Waals surface area contributed by atoms with E-state index in [1.165, 1.54) is 6.08 Å². The van der Waals surface area contributed by atoms with Crippen LogP contribution < -0.4 is 0 Å². The van der Waals surface area contributed by atoms with Gasteiger partial charge in [0.05, 0.1) is 5.69 Å². The summed E-state index contributed by atoms with van der Waals surface area (Å²) in [6.45, 7) is 0.434. The Morgan fingerprint density at radius 2 is 1.96 bits per heavy atom. The van der Waals surface area contributed by atoms with Crippen LogP contribution in [0.2, 0.25) is 10.2 Å². The van der Waals surface area contributed by atoms with Crippen molar-refractivity contribution in [1.82, 2.24) is 14.3 Å². The van der Waals surface area contributed by atoms with Gasteiger partial charge in [-0.25, -0.2) is 4.98 Å². The van der Waals surface area contributed by atoms with E-state index in [0.717, 1.165) is 11.2 Å². The summed E-state index contributed by atoms with van der Waals surface area (Å²) in [4.78, 5) is 18.2. The summed E-state index contributed by atoms with van der Waals surface area (Å²) in [6.07, 6.45) is 5.01. The number of fused-ring (bicyclic) bond motifs is 1. The van der Waals surface area contributed by atoms with E-state index in [2.05, 4.69) is 4.98 Å². The number of imidazole rings is 1. The maximum atomic E-state index is 12.3. The van der Waals surface area contributed by atoms with Crippen LogP contribution in [0.1, 0.15) is 11.3 Å². The van der Waals surface area contributed by atoms with E-state index < -0.39 is 0 Å². The smallest absolute Gasteiger partial charge is 0.246 e. The Bertz CT molecular complexity index is 918. The number of carbonyl (C=O) groups excluding carboxylic acids is 1. The van der Waals surface area contributed by atoms with Crippen molar-refractivity contribution in [3.63, 3.8) is 0 Å². The summed E-state index contributed by atoms with van der Waals surface area (Å²) in [7, 11) is 1.73. The van der Waals surface area contributed by atoms with E-state index in [1.54, 1.807) is 18.0 Å². The fourth-order valence-corrected chi connectivity index (χ4v) is 2.81. The molecule has 122 valence electrons. The first-order valence-corrected chi connectivity index (χ1v) is 8.11. The third-order valence-corrected chi connectivity index (χ3v) is 4.29. The standard InChI is InChI=1S/C18H15Cl2N3O/c1-22(12-13-6-2-3-7-14(13)19)17(24)10-9-15-18(20)21-16-8-4-5-11-23(15)16/h2-11H,12H2,1H3/b10-9+. The molecular weight excluding hydrogens is 345 g/mol. The minimum atomic E-state index is -0.142. The molecule has 0 saturated carbocycles. The fraction of sp³-hybridized carbons (Fsp3) is 0.111. The molecule has 4 nitrogen and oxygen atoms in total. The van der Waals surface area contributed by atoms with E-state index in [0.29, 0.717) is 22.4 Å². The van der Waals surface area contributed by atoms with E-state index in [9.17, 15) is 4.79 Å². The molecule has 0 atom stereocenters. The molecule has 3 aromatic rings. The van der Waals surface area contributed by atoms with Crippen molar-refractivity contribution in [3.05, 3.63) is 76.2 Å². The van der Waals surface area contributed by atoms with Crippen LogP contribution in [0.15, 0.2) is 54.7 Å². The van der Waals surface area contributed by atoms with E-state index in [4.69, 9.17) is 23.2 Å². The lowest BCUT2D eigenvalue weighted by Gasteiger charge is -2.16. The van der Waals surface area contributed by atoms with Gasteiger partial charge in [0.25, 0.3) is 0 Å². The quantitative estimate of drug-likeness (QED) is 0.650. The molecule has 0 unspecified atom stereocenters. The minimum absolute atomic E-state index is 0.142. The summed E-state index contributed by atoms with van der Waals surface area (Å²) < 4.78 is 1.83. The highest BCUT2D eigenvalue weighted by atomic mass is 35.5. The highest BCUT2D eigenvalue weighted by Gasteiger charge is 2.10. The van der Waals surface area contributed by atoms with Crippen LogP contribution in [-0.2, 0) is 11.3 Å². The van der Waals surface area contributed by atoms with Gasteiger partial charge in [-0.3, -0.25) is 9.20 Å². The fourth-order valence-electron chi connectivity index (χ4n) is 2.37. The van der Waals surface area contributed by atoms with Crippen molar-refractivity contribution in [3.8, 4) is 0 Å². The highest BCUT2D eigenvalue weighted by Crippen LogP contribution is 2.19. The third-order valence-electron chi connectivity index (χ3n) is 3.65. The number of pyridine rings is 1. The second-order valence-electron chi connectivity index (χ2n) is 5.34. The zero-order valence-electron chi connectivity index (χ0n) is 13.0. The first kappa shape index (κ1) is 16.6. The average molecular weight is 360 g/mol. The van der Waals surface area contributed by atoms with Gasteiger partial charge in [-0.15, -0.1) is 0 Å². The molecule has 0 aliphatic carbocycles. The van der Waals surface area contributed by atoms with Crippen molar-refractivity contribution < 1.29 is 4.79 Å². The molecule has 1 aromatic carbocycles. The molecule has 24 heavy (non-hydrogen) atoms. The largest absolute Gasteiger partial charge is 0.338 e. The number of carbonyl (C=O) groups is 1. The topological polar surface area (TPSA) is 37.6 Å². The van der Waals surface area contributed by atoms with E-state index in [1.807, 2.05) is 53.1 Å². The van der Waals surface area contributed by atoms with Gasteiger partial charge in [-0.05, 0) is 29.8 Å². The van der Waals surface area contributed by atoms with Crippen LogP contribution >= 0.6 is 23.2 Å². The average Bonchev–Trinajstić information content (AvgIpc) is 2.90. The van der Waals surface area contributed by atoms with Gasteiger partial charge >= 0.3 is 0 Å². The Morgan fingerprint density at radius 1 is 1.21 bits per heavy atom. The summed E-state index contributed by atoms with van der Waals surface area (Å²) in [5, 5.41) is 1.00. The maximum Gasteiger partial charge on any atom is 0.246 e. The van der Waals surface area contributed by atoms with Crippen molar-refractivity contribution in [2.45, 2.75) is 6.54 Å². The molecule has 0 aliphatic rings. The van der Waals surface area contributed by atoms with Gasteiger partial charge in [0, 0.05) is 30.9 Å². The Morgan fingerprint density at radius 3 is 2.75 bits per heavy atom. The van der Waals surface area contributed by atoms with Gasteiger partial charge in [0.15, 0.2) is 5.15 Å². The predicted molar refractivity (Wildman–Crippen MR) is 97.2 cm³/mol. The Balaban J connectivity index is 1.77. The number of halogens is 2. The number of likely N-dealkylation sites (N-methyl/N-ethyl adjacent to an activating group) is 1. The summed E-state index contributed by atoms with van der Waals surface area (Å²) in [5.74, 6) is -0.142. The number of rotatable bonds is 4. The van der Waals surface area contributed by atoms with Crippen LogP contribution in [0.4, 0.5) is 0 Å². The first-order valence-electron chi connectivity index (χ1n) is 7.35. The summed E-state index contributed by atoms with van der Waals surface area (Å²) in [6, 6.07) is 13.1. The van der Waals surface area contributed by atoms with E-state index >= 15 is 0 Å². The number of hydrogen-bond acceptors (Lipinski definition) is 2. The Labute approximate surface area is 149 Å². The number of hydrogen-bond donors (Lipinski definition) is 0. The molecule has 0 N–H and O–H groups in total. The Kier molecular flexibility index (Phi) is 4.88. The van der Waals surface area contributed by atoms with Crippen molar-refractivity contribution in [2.75, 3.05) is 7.05 Å². The third kappa shape index (κ3) is 3.45. The number of nitrogens with zero attached hydrogens (tertiary/aromatic N) is 3. The molecule has 1 amide bonds. The lowest BCUT2D eigenvalue weighted by Crippen LogP contribution is -2.24. The van der Waals surface area contributed by atoms with Gasteiger partial charge < -0.3 is 4.90 Å². The second kappa shape index (κ2) is 7.07. The summed E-state index contributed by atoms with van der Waals surface area (Å²) >= 11 is 12.3. The lowest BCUT2D eigenvalue weighted by molar-refractivity contribution is -0.125. The molecule has 2 aromatic heterocycles. The normalized spacial score (nSPS) is 11.3. The molecule has 0 spiro atoms. The molecule has 6 heteroatoms. The van der Waals surface area contributed by atoms with Crippen LogP contribution in [-0.4, -0.2) is 27.2 Å². The zero-order valence-corrected chi connectivity index (χ0v) is 14.5. The van der Waals surface area contributed by atoms with Crippen molar-refractivity contribution >= 4 is 40.8 Å². The second-order valence-corrected chi connectivity index (χ2v) is 6.10. The SMILES string of the molecule is CN(Cc1ccccc1Cl)C(=O)/C=C/c1c(Cl)nc2ccccn12. The van der Waals surface area contributed by atoms with Gasteiger partial charge in [-0.2, -0.15) is 0 Å². The number of benzene rings is 1. The van der Waals surface area contributed by atoms with E-state index in [-0.39, 0.29) is 5.91 Å². The van der Waals surface area contributed by atoms with Crippen LogP contribution in [0.25, 0.3) is 11.7 Å². The predicted octanol–water partition coefficient (Wildman–Crippen LogP) is 4.31. The highest BCUT2D eigenvalue weighted by molar-refractivity contribution is 6.31. The van der Waals surface area contributed by atoms with Gasteiger partial charge in [0.2, 0.25) is 5.91 Å². The molecule has 0 bridgehead atoms. The minimum Gasteiger partial charge on any atom is -0.338 e. The summed E-state index contributed by atoms with van der Waals surface area (Å²) in [5.41, 5.74) is 2.31. The molecule has 0 radical (unpaired) electrons. The number of amides is 1. The zero-order chi connectivity index (χ0) is 17.1. The Hall–Kier alpha value is -2.30. The number of aromatic nitrogens is 2. The maximum absolute atomic E-state index is 12.3. The van der Waals surface area contributed by atoms with Gasteiger partial charge in [0.1, 0.15) is 5.65 Å². The molecule has 0 aliphatic heterocycles. The van der Waals surface area contributed by atoms with Gasteiger partial charge in [-0.1, -0.05) is 47.5 Å². The van der Waals surface area contributed by atoms with Crippen molar-refractivity contribution in [1.29, 1.82) is 0 Å². The van der Waals surface area contributed by atoms with Crippen LogP contribution in [0.5, 0.6) is 0 Å². The monoisotopic (exact) mass is 359 g/mol. The molecule has 0 fully saturated rings. The van der Waals surface area contributed by atoms with Crippen LogP contribution in [0.3, 0.4) is 0 Å². The molecule has 3 rings (SSSR count). The first-order chi connectivity index (χ1) is 11.6. The molecule has 0 saturated heterocycles. The molecule has 2 heterocycles. The van der Waals surface area contributed by atoms with Crippen molar-refractivity contribution in [2.24, 2.45) is 0 Å². The van der Waals surface area contributed by atoms with Crippen LogP contribution in [0, 0.1) is 0 Å². The lowest BCUT2D eigenvalue weighted by atomic mass is 10.2. The molecular formula is C18H15Cl2N3O.